The van der Waals surface area contributed by atoms with E-state index in [-0.39, 0.29) is 26.9 Å². The van der Waals surface area contributed by atoms with E-state index in [1.54, 1.807) is 24.3 Å². The third-order valence-corrected chi connectivity index (χ3v) is 6.31. The Labute approximate surface area is 213 Å². The van der Waals surface area contributed by atoms with Gasteiger partial charge in [0.25, 0.3) is 11.7 Å². The van der Waals surface area contributed by atoms with Crippen LogP contribution in [0.25, 0.3) is 5.76 Å². The molecule has 0 saturated carbocycles. The van der Waals surface area contributed by atoms with Crippen molar-refractivity contribution in [2.24, 2.45) is 0 Å². The lowest BCUT2D eigenvalue weighted by Gasteiger charge is -2.26. The zero-order chi connectivity index (χ0) is 25.4. The van der Waals surface area contributed by atoms with Crippen molar-refractivity contribution in [1.82, 2.24) is 0 Å². The maximum Gasteiger partial charge on any atom is 0.300 e. The summed E-state index contributed by atoms with van der Waals surface area (Å²) in [5.41, 5.74) is 2.96. The highest BCUT2D eigenvalue weighted by Crippen LogP contribution is 2.45. The van der Waals surface area contributed by atoms with E-state index in [0.29, 0.717) is 17.0 Å². The number of ether oxygens (including phenoxy) is 2. The summed E-state index contributed by atoms with van der Waals surface area (Å²) in [4.78, 5) is 28.2. The molecule has 180 valence electrons. The molecule has 1 unspecified atom stereocenters. The Morgan fingerprint density at radius 1 is 0.943 bits per heavy atom. The molecular formula is C27H23Cl2NO5. The molecule has 1 atom stereocenters. The molecule has 1 heterocycles. The molecule has 1 fully saturated rings. The van der Waals surface area contributed by atoms with Gasteiger partial charge in [0.1, 0.15) is 17.3 Å². The van der Waals surface area contributed by atoms with Crippen LogP contribution >= 0.6 is 23.2 Å². The molecule has 0 radical (unpaired) electrons. The highest BCUT2D eigenvalue weighted by Gasteiger charge is 2.47. The number of carbonyl (C=O) groups is 2. The Bertz CT molecular complexity index is 1360. The normalized spacial score (nSPS) is 17.1. The van der Waals surface area contributed by atoms with Gasteiger partial charge in [-0.3, -0.25) is 14.5 Å². The number of aliphatic hydroxyl groups is 1. The summed E-state index contributed by atoms with van der Waals surface area (Å²) >= 11 is 12.5. The smallest absolute Gasteiger partial charge is 0.300 e. The fraction of sp³-hybridized carbons (Fsp3) is 0.185. The van der Waals surface area contributed by atoms with Crippen LogP contribution in [0, 0.1) is 13.8 Å². The van der Waals surface area contributed by atoms with E-state index in [9.17, 15) is 14.7 Å². The van der Waals surface area contributed by atoms with Crippen LogP contribution in [-0.2, 0) is 9.59 Å². The Balaban J connectivity index is 2.04. The Morgan fingerprint density at radius 2 is 1.63 bits per heavy atom. The predicted octanol–water partition coefficient (Wildman–Crippen LogP) is 6.25. The number of carbonyl (C=O) groups excluding carboxylic acids is 2. The van der Waals surface area contributed by atoms with Crippen LogP contribution in [0.15, 0.2) is 60.2 Å². The third-order valence-electron chi connectivity index (χ3n) is 5.81. The summed E-state index contributed by atoms with van der Waals surface area (Å²) in [6, 6.07) is 14.6. The number of hydrogen-bond donors (Lipinski definition) is 1. The number of amides is 1. The number of anilines is 1. The fourth-order valence-corrected chi connectivity index (χ4v) is 4.97. The van der Waals surface area contributed by atoms with Crippen molar-refractivity contribution >= 4 is 46.3 Å². The number of aliphatic hydroxyl groups excluding tert-OH is 1. The van der Waals surface area contributed by atoms with Gasteiger partial charge in [0.15, 0.2) is 0 Å². The lowest BCUT2D eigenvalue weighted by Crippen LogP contribution is -2.29. The first-order valence-electron chi connectivity index (χ1n) is 10.7. The van der Waals surface area contributed by atoms with Crippen molar-refractivity contribution in [3.63, 3.8) is 0 Å². The molecule has 0 spiro atoms. The van der Waals surface area contributed by atoms with E-state index < -0.39 is 23.5 Å². The second-order valence-corrected chi connectivity index (χ2v) is 9.10. The van der Waals surface area contributed by atoms with Gasteiger partial charge >= 0.3 is 0 Å². The van der Waals surface area contributed by atoms with Crippen molar-refractivity contribution in [1.29, 1.82) is 0 Å². The summed E-state index contributed by atoms with van der Waals surface area (Å²) < 4.78 is 10.8. The van der Waals surface area contributed by atoms with Gasteiger partial charge in [-0.2, -0.15) is 0 Å². The first kappa shape index (κ1) is 24.6. The monoisotopic (exact) mass is 511 g/mol. The van der Waals surface area contributed by atoms with E-state index in [4.69, 9.17) is 32.7 Å². The lowest BCUT2D eigenvalue weighted by molar-refractivity contribution is -0.132. The van der Waals surface area contributed by atoms with E-state index in [2.05, 4.69) is 0 Å². The number of halogens is 2. The topological polar surface area (TPSA) is 76.1 Å². The van der Waals surface area contributed by atoms with Gasteiger partial charge in [-0.25, -0.2) is 0 Å². The molecule has 3 aromatic rings. The van der Waals surface area contributed by atoms with Crippen LogP contribution in [0.3, 0.4) is 0 Å². The van der Waals surface area contributed by atoms with Crippen LogP contribution in [0.5, 0.6) is 11.5 Å². The molecule has 3 aromatic carbocycles. The first-order chi connectivity index (χ1) is 16.7. The molecule has 0 aromatic heterocycles. The minimum absolute atomic E-state index is 0.108. The molecule has 6 nitrogen and oxygen atoms in total. The van der Waals surface area contributed by atoms with Crippen LogP contribution in [0.1, 0.15) is 28.3 Å². The van der Waals surface area contributed by atoms with Gasteiger partial charge < -0.3 is 14.6 Å². The molecule has 1 N–H and O–H groups in total. The maximum absolute atomic E-state index is 13.4. The highest BCUT2D eigenvalue weighted by molar-refractivity contribution is 6.52. The molecule has 1 aliphatic rings. The van der Waals surface area contributed by atoms with E-state index >= 15 is 0 Å². The quantitative estimate of drug-likeness (QED) is 0.248. The van der Waals surface area contributed by atoms with E-state index in [0.717, 1.165) is 11.1 Å². The largest absolute Gasteiger partial charge is 0.507 e. The van der Waals surface area contributed by atoms with Crippen molar-refractivity contribution < 1.29 is 24.2 Å². The van der Waals surface area contributed by atoms with Gasteiger partial charge in [-0.1, -0.05) is 41.4 Å². The molecule has 0 bridgehead atoms. The number of aryl methyl sites for hydroxylation is 2. The average Bonchev–Trinajstić information content (AvgIpc) is 3.08. The van der Waals surface area contributed by atoms with Gasteiger partial charge in [0, 0.05) is 10.7 Å². The minimum Gasteiger partial charge on any atom is -0.507 e. The standard InChI is InChI=1S/C27H23Cl2NO5/c1-14-8-15(2)10-18(9-14)30-23(16-6-5-7-19(11-16)34-3)22(25(32)27(30)33)24(31)20-12-17(28)13-21(29)26(20)35-4/h5-13,23,31H,1-4H3/b24-22+. The predicted molar refractivity (Wildman–Crippen MR) is 137 cm³/mol. The summed E-state index contributed by atoms with van der Waals surface area (Å²) in [6.45, 7) is 3.82. The zero-order valence-corrected chi connectivity index (χ0v) is 21.1. The van der Waals surface area contributed by atoms with Crippen LogP contribution < -0.4 is 14.4 Å². The molecule has 0 aliphatic carbocycles. The SMILES string of the molecule is COc1cccc(C2/C(=C(\O)c3cc(Cl)cc(Cl)c3OC)C(=O)C(=O)N2c2cc(C)cc(C)c2)c1. The number of nitrogens with zero attached hydrogens (tertiary/aromatic N) is 1. The Morgan fingerprint density at radius 3 is 2.26 bits per heavy atom. The number of rotatable bonds is 5. The van der Waals surface area contributed by atoms with Crippen LogP contribution in [-0.4, -0.2) is 31.0 Å². The van der Waals surface area contributed by atoms with Crippen molar-refractivity contribution in [3.8, 4) is 11.5 Å². The fourth-order valence-electron chi connectivity index (χ4n) is 4.40. The second-order valence-electron chi connectivity index (χ2n) is 8.26. The number of benzene rings is 3. The first-order valence-corrected chi connectivity index (χ1v) is 11.5. The molecule has 1 amide bonds. The molecular weight excluding hydrogens is 489 g/mol. The summed E-state index contributed by atoms with van der Waals surface area (Å²) in [6.07, 6.45) is 0. The van der Waals surface area contributed by atoms with E-state index in [1.165, 1.54) is 31.3 Å². The summed E-state index contributed by atoms with van der Waals surface area (Å²) in [5, 5.41) is 11.8. The highest BCUT2D eigenvalue weighted by atomic mass is 35.5. The Hall–Kier alpha value is -3.48. The van der Waals surface area contributed by atoms with E-state index in [1.807, 2.05) is 32.0 Å². The third kappa shape index (κ3) is 4.47. The van der Waals surface area contributed by atoms with Crippen LogP contribution in [0.4, 0.5) is 5.69 Å². The molecule has 35 heavy (non-hydrogen) atoms. The number of ketones is 1. The van der Waals surface area contributed by atoms with Gasteiger partial charge in [0.2, 0.25) is 0 Å². The van der Waals surface area contributed by atoms with Gasteiger partial charge in [-0.05, 0) is 66.9 Å². The van der Waals surface area contributed by atoms with Crippen molar-refractivity contribution in [3.05, 3.63) is 92.5 Å². The van der Waals surface area contributed by atoms with Gasteiger partial charge in [-0.15, -0.1) is 0 Å². The zero-order valence-electron chi connectivity index (χ0n) is 19.6. The molecule has 1 aliphatic heterocycles. The molecule has 8 heteroatoms. The Kier molecular flexibility index (Phi) is 6.79. The lowest BCUT2D eigenvalue weighted by atomic mass is 9.94. The summed E-state index contributed by atoms with van der Waals surface area (Å²) in [7, 11) is 2.92. The maximum atomic E-state index is 13.4. The number of hydrogen-bond acceptors (Lipinski definition) is 5. The molecule has 1 saturated heterocycles. The average molecular weight is 512 g/mol. The summed E-state index contributed by atoms with van der Waals surface area (Å²) in [5.74, 6) is -1.37. The van der Waals surface area contributed by atoms with Crippen molar-refractivity contribution in [2.75, 3.05) is 19.1 Å². The molecule has 4 rings (SSSR count). The minimum atomic E-state index is -0.936. The second kappa shape index (κ2) is 9.64. The number of methoxy groups -OCH3 is 2. The van der Waals surface area contributed by atoms with Crippen LogP contribution in [0.2, 0.25) is 10.0 Å². The number of Topliss-reactive ketones (excluding diaryl/α,β-unsaturated/α-hetero) is 1. The van der Waals surface area contributed by atoms with Crippen molar-refractivity contribution in [2.45, 2.75) is 19.9 Å². The van der Waals surface area contributed by atoms with Gasteiger partial charge in [0.05, 0.1) is 36.4 Å².